The van der Waals surface area contributed by atoms with E-state index in [-0.39, 0.29) is 5.43 Å². The van der Waals surface area contributed by atoms with Gasteiger partial charge >= 0.3 is 0 Å². The average Bonchev–Trinajstić information content (AvgIpc) is 2.42. The molecule has 1 aromatic carbocycles. The van der Waals surface area contributed by atoms with Crippen LogP contribution in [0.2, 0.25) is 5.02 Å². The number of anilines is 2. The number of hydrogen-bond acceptors (Lipinski definition) is 4. The maximum atomic E-state index is 11.9. The van der Waals surface area contributed by atoms with Crippen molar-refractivity contribution in [2.75, 3.05) is 5.32 Å². The smallest absolute Gasteiger partial charge is 0.194 e. The molecule has 0 amide bonds. The molecule has 0 saturated carbocycles. The third kappa shape index (κ3) is 2.28. The van der Waals surface area contributed by atoms with E-state index in [1.54, 1.807) is 18.3 Å². The fourth-order valence-corrected chi connectivity index (χ4v) is 1.90. The van der Waals surface area contributed by atoms with E-state index < -0.39 is 0 Å². The van der Waals surface area contributed by atoms with Crippen LogP contribution < -0.4 is 10.7 Å². The molecule has 6 heteroatoms. The van der Waals surface area contributed by atoms with E-state index in [0.29, 0.717) is 21.9 Å². The second kappa shape index (κ2) is 4.70. The van der Waals surface area contributed by atoms with Crippen LogP contribution in [-0.2, 0) is 0 Å². The van der Waals surface area contributed by atoms with Gasteiger partial charge in [0.2, 0.25) is 0 Å². The Morgan fingerprint density at radius 3 is 2.68 bits per heavy atom. The van der Waals surface area contributed by atoms with Gasteiger partial charge in [0.05, 0.1) is 0 Å². The number of benzene rings is 1. The fourth-order valence-electron chi connectivity index (χ4n) is 1.77. The fraction of sp³-hybridized carbons (Fsp3) is 0. The summed E-state index contributed by atoms with van der Waals surface area (Å²) < 4.78 is 0. The molecule has 0 saturated heterocycles. The highest BCUT2D eigenvalue weighted by Gasteiger charge is 2.07. The minimum absolute atomic E-state index is 0.134. The van der Waals surface area contributed by atoms with Crippen LogP contribution in [0.15, 0.2) is 47.7 Å². The Morgan fingerprint density at radius 1 is 1.11 bits per heavy atom. The van der Waals surface area contributed by atoms with E-state index >= 15 is 0 Å². The molecule has 3 rings (SSSR count). The van der Waals surface area contributed by atoms with Gasteiger partial charge in [-0.25, -0.2) is 9.97 Å². The number of aromatic amines is 1. The number of rotatable bonds is 2. The summed E-state index contributed by atoms with van der Waals surface area (Å²) in [6.07, 6.45) is 2.96. The predicted octanol–water partition coefficient (Wildman–Crippen LogP) is 2.72. The summed E-state index contributed by atoms with van der Waals surface area (Å²) in [6.45, 7) is 0. The first-order chi connectivity index (χ1) is 9.24. The molecular formula is C13H9ClN4O. The lowest BCUT2D eigenvalue weighted by molar-refractivity contribution is 1.17. The van der Waals surface area contributed by atoms with Crippen molar-refractivity contribution in [2.24, 2.45) is 0 Å². The van der Waals surface area contributed by atoms with Gasteiger partial charge in [0.25, 0.3) is 0 Å². The van der Waals surface area contributed by atoms with Gasteiger partial charge in [0.15, 0.2) is 5.43 Å². The summed E-state index contributed by atoms with van der Waals surface area (Å²) in [4.78, 5) is 22.9. The van der Waals surface area contributed by atoms with Crippen LogP contribution in [0.5, 0.6) is 0 Å². The number of hydrogen-bond donors (Lipinski definition) is 2. The van der Waals surface area contributed by atoms with Gasteiger partial charge in [-0.2, -0.15) is 0 Å². The van der Waals surface area contributed by atoms with Crippen molar-refractivity contribution in [3.8, 4) is 0 Å². The quantitative estimate of drug-likeness (QED) is 0.752. The van der Waals surface area contributed by atoms with Crippen molar-refractivity contribution in [1.82, 2.24) is 15.0 Å². The highest BCUT2D eigenvalue weighted by molar-refractivity contribution is 6.30. The first-order valence-electron chi connectivity index (χ1n) is 5.59. The third-order valence-corrected chi connectivity index (χ3v) is 2.91. The Bertz CT molecular complexity index is 777. The number of H-pyrrole nitrogens is 1. The van der Waals surface area contributed by atoms with E-state index in [9.17, 15) is 4.79 Å². The molecule has 2 N–H and O–H groups in total. The monoisotopic (exact) mass is 272 g/mol. The molecule has 0 aliphatic heterocycles. The zero-order chi connectivity index (χ0) is 13.2. The molecule has 0 aliphatic rings. The Labute approximate surface area is 113 Å². The van der Waals surface area contributed by atoms with Crippen LogP contribution >= 0.6 is 11.6 Å². The van der Waals surface area contributed by atoms with Gasteiger partial charge in [-0.15, -0.1) is 0 Å². The van der Waals surface area contributed by atoms with Crippen LogP contribution in [0.25, 0.3) is 11.0 Å². The molecule has 0 unspecified atom stereocenters. The predicted molar refractivity (Wildman–Crippen MR) is 74.9 cm³/mol. The first-order valence-corrected chi connectivity index (χ1v) is 5.97. The Balaban J connectivity index is 2.10. The van der Waals surface area contributed by atoms with Gasteiger partial charge in [-0.3, -0.25) is 4.79 Å². The van der Waals surface area contributed by atoms with Gasteiger partial charge in [0, 0.05) is 23.0 Å². The van der Waals surface area contributed by atoms with E-state index in [2.05, 4.69) is 20.3 Å². The number of nitrogens with one attached hydrogen (secondary N) is 2. The molecule has 0 radical (unpaired) electrons. The maximum Gasteiger partial charge on any atom is 0.194 e. The van der Waals surface area contributed by atoms with Crippen molar-refractivity contribution in [1.29, 1.82) is 0 Å². The standard InChI is InChI=1S/C13H9ClN4O/c14-8-1-3-9(4-2-8)18-13-11-10(19)5-6-15-12(11)16-7-17-13/h1-7H,(H2,15,16,17,18,19). The number of aromatic nitrogens is 3. The van der Waals surface area contributed by atoms with Crippen molar-refractivity contribution < 1.29 is 0 Å². The summed E-state index contributed by atoms with van der Waals surface area (Å²) in [5, 5.41) is 4.16. The Hall–Kier alpha value is -2.40. The number of nitrogens with zero attached hydrogens (tertiary/aromatic N) is 2. The average molecular weight is 273 g/mol. The SMILES string of the molecule is O=c1cc[nH]c2ncnc(Nc3ccc(Cl)cc3)c12. The molecule has 0 spiro atoms. The van der Waals surface area contributed by atoms with Gasteiger partial charge in [-0.1, -0.05) is 11.6 Å². The number of pyridine rings is 1. The van der Waals surface area contributed by atoms with Crippen LogP contribution in [0.4, 0.5) is 11.5 Å². The van der Waals surface area contributed by atoms with Crippen LogP contribution in [0, 0.1) is 0 Å². The molecule has 5 nitrogen and oxygen atoms in total. The highest BCUT2D eigenvalue weighted by atomic mass is 35.5. The van der Waals surface area contributed by atoms with E-state index in [4.69, 9.17) is 11.6 Å². The molecule has 0 bridgehead atoms. The molecule has 0 fully saturated rings. The Kier molecular flexibility index (Phi) is 2.89. The van der Waals surface area contributed by atoms with Crippen LogP contribution in [-0.4, -0.2) is 15.0 Å². The minimum atomic E-state index is -0.134. The van der Waals surface area contributed by atoms with E-state index in [1.165, 1.54) is 12.4 Å². The Morgan fingerprint density at radius 2 is 1.89 bits per heavy atom. The maximum absolute atomic E-state index is 11.9. The summed E-state index contributed by atoms with van der Waals surface area (Å²) in [6, 6.07) is 8.59. The van der Waals surface area contributed by atoms with Crippen molar-refractivity contribution >= 4 is 34.1 Å². The van der Waals surface area contributed by atoms with E-state index in [0.717, 1.165) is 5.69 Å². The lowest BCUT2D eigenvalue weighted by Gasteiger charge is -2.07. The highest BCUT2D eigenvalue weighted by Crippen LogP contribution is 2.20. The van der Waals surface area contributed by atoms with Crippen molar-refractivity contribution in [3.05, 3.63) is 58.1 Å². The van der Waals surface area contributed by atoms with Crippen molar-refractivity contribution in [2.45, 2.75) is 0 Å². The summed E-state index contributed by atoms with van der Waals surface area (Å²) >= 11 is 5.83. The van der Waals surface area contributed by atoms with Gasteiger partial charge in [0.1, 0.15) is 23.2 Å². The van der Waals surface area contributed by atoms with Crippen molar-refractivity contribution in [3.63, 3.8) is 0 Å². The number of fused-ring (bicyclic) bond motifs is 1. The second-order valence-electron chi connectivity index (χ2n) is 3.92. The largest absolute Gasteiger partial charge is 0.346 e. The minimum Gasteiger partial charge on any atom is -0.346 e. The third-order valence-electron chi connectivity index (χ3n) is 2.66. The summed E-state index contributed by atoms with van der Waals surface area (Å²) in [5.74, 6) is 0.467. The van der Waals surface area contributed by atoms with Crippen LogP contribution in [0.1, 0.15) is 0 Å². The topological polar surface area (TPSA) is 70.7 Å². The number of halogens is 1. The molecule has 0 atom stereocenters. The lowest BCUT2D eigenvalue weighted by Crippen LogP contribution is -2.06. The zero-order valence-corrected chi connectivity index (χ0v) is 10.5. The molecule has 19 heavy (non-hydrogen) atoms. The summed E-state index contributed by atoms with van der Waals surface area (Å²) in [7, 11) is 0. The molecular weight excluding hydrogens is 264 g/mol. The second-order valence-corrected chi connectivity index (χ2v) is 4.36. The molecule has 2 aromatic heterocycles. The first kappa shape index (κ1) is 11.7. The van der Waals surface area contributed by atoms with Gasteiger partial charge in [-0.05, 0) is 24.3 Å². The normalized spacial score (nSPS) is 10.6. The van der Waals surface area contributed by atoms with Gasteiger partial charge < -0.3 is 10.3 Å². The molecule has 2 heterocycles. The molecule has 0 aliphatic carbocycles. The molecule has 94 valence electrons. The lowest BCUT2D eigenvalue weighted by atomic mass is 10.2. The molecule has 3 aromatic rings. The zero-order valence-electron chi connectivity index (χ0n) is 9.72. The van der Waals surface area contributed by atoms with Crippen LogP contribution in [0.3, 0.4) is 0 Å². The van der Waals surface area contributed by atoms with E-state index in [1.807, 2.05) is 12.1 Å². The summed E-state index contributed by atoms with van der Waals surface area (Å²) in [5.41, 5.74) is 1.16.